The predicted molar refractivity (Wildman–Crippen MR) is 85.1 cm³/mol. The van der Waals surface area contributed by atoms with Gasteiger partial charge in [-0.3, -0.25) is 0 Å². The van der Waals surface area contributed by atoms with Gasteiger partial charge < -0.3 is 9.64 Å². The Bertz CT molecular complexity index is 801. The number of ether oxygens (including phenoxy) is 1. The van der Waals surface area contributed by atoms with Gasteiger partial charge >= 0.3 is 0 Å². The minimum Gasteiger partial charge on any atom is -0.383 e. The van der Waals surface area contributed by atoms with Gasteiger partial charge in [-0.25, -0.2) is 9.97 Å². The monoisotopic (exact) mass is 303 g/mol. The highest BCUT2D eigenvalue weighted by molar-refractivity contribution is 7.25. The molecule has 6 nitrogen and oxygen atoms in total. The molecule has 3 aromatic heterocycles. The van der Waals surface area contributed by atoms with E-state index < -0.39 is 0 Å². The summed E-state index contributed by atoms with van der Waals surface area (Å²) in [6, 6.07) is 0. The molecule has 0 aliphatic heterocycles. The lowest BCUT2D eigenvalue weighted by atomic mass is 10.1. The number of thiophene rings is 1. The quantitative estimate of drug-likeness (QED) is 0.737. The number of likely N-dealkylation sites (N-methyl/N-ethyl adjacent to an activating group) is 1. The van der Waals surface area contributed by atoms with Crippen LogP contribution in [-0.4, -0.2) is 47.5 Å². The van der Waals surface area contributed by atoms with Gasteiger partial charge in [0.05, 0.1) is 22.5 Å². The highest BCUT2D eigenvalue weighted by Crippen LogP contribution is 2.37. The van der Waals surface area contributed by atoms with Crippen LogP contribution in [0.25, 0.3) is 20.4 Å². The lowest BCUT2D eigenvalue weighted by molar-refractivity contribution is 0.206. The Labute approximate surface area is 126 Å². The minimum absolute atomic E-state index is 0.658. The van der Waals surface area contributed by atoms with E-state index in [9.17, 15) is 0 Å². The van der Waals surface area contributed by atoms with E-state index in [0.29, 0.717) is 6.61 Å². The van der Waals surface area contributed by atoms with Crippen LogP contribution in [0.5, 0.6) is 0 Å². The molecule has 0 spiro atoms. The van der Waals surface area contributed by atoms with Crippen LogP contribution in [0.3, 0.4) is 0 Å². The van der Waals surface area contributed by atoms with Crippen LogP contribution in [0.2, 0.25) is 0 Å². The number of nitrogens with zero attached hydrogens (tertiary/aromatic N) is 5. The second-order valence-electron chi connectivity index (χ2n) is 4.98. The molecule has 0 atom stereocenters. The van der Waals surface area contributed by atoms with E-state index in [2.05, 4.69) is 32.0 Å². The fourth-order valence-corrected chi connectivity index (χ4v) is 3.45. The first-order valence-electron chi connectivity index (χ1n) is 6.70. The van der Waals surface area contributed by atoms with Crippen molar-refractivity contribution in [2.24, 2.45) is 0 Å². The predicted octanol–water partition coefficient (Wildman–Crippen LogP) is 2.33. The lowest BCUT2D eigenvalue weighted by Gasteiger charge is -2.17. The van der Waals surface area contributed by atoms with Gasteiger partial charge in [0.15, 0.2) is 0 Å². The zero-order valence-corrected chi connectivity index (χ0v) is 13.4. The Kier molecular flexibility index (Phi) is 3.69. The van der Waals surface area contributed by atoms with Gasteiger partial charge in [-0.05, 0) is 19.4 Å². The lowest BCUT2D eigenvalue weighted by Crippen LogP contribution is -2.23. The second kappa shape index (κ2) is 5.50. The van der Waals surface area contributed by atoms with Gasteiger partial charge in [0.25, 0.3) is 0 Å². The smallest absolute Gasteiger partial charge is 0.149 e. The number of rotatable bonds is 4. The van der Waals surface area contributed by atoms with Gasteiger partial charge in [0, 0.05) is 26.1 Å². The third-order valence-electron chi connectivity index (χ3n) is 3.64. The summed E-state index contributed by atoms with van der Waals surface area (Å²) in [4.78, 5) is 11.9. The highest BCUT2D eigenvalue weighted by atomic mass is 32.1. The summed E-state index contributed by atoms with van der Waals surface area (Å²) in [5.41, 5.74) is 3.03. The molecule has 0 bridgehead atoms. The van der Waals surface area contributed by atoms with E-state index in [1.54, 1.807) is 24.8 Å². The molecule has 21 heavy (non-hydrogen) atoms. The summed E-state index contributed by atoms with van der Waals surface area (Å²) in [6.07, 6.45) is 1.61. The van der Waals surface area contributed by atoms with Crippen molar-refractivity contribution >= 4 is 37.6 Å². The first-order chi connectivity index (χ1) is 10.1. The van der Waals surface area contributed by atoms with Gasteiger partial charge in [-0.2, -0.15) is 5.10 Å². The molecular weight excluding hydrogens is 286 g/mol. The van der Waals surface area contributed by atoms with Gasteiger partial charge in [-0.1, -0.05) is 0 Å². The van der Waals surface area contributed by atoms with E-state index in [0.717, 1.165) is 44.1 Å². The zero-order chi connectivity index (χ0) is 15.0. The van der Waals surface area contributed by atoms with E-state index in [-0.39, 0.29) is 0 Å². The topological polar surface area (TPSA) is 64.0 Å². The number of anilines is 1. The normalized spacial score (nSPS) is 11.4. The summed E-state index contributed by atoms with van der Waals surface area (Å²) in [6.45, 7) is 5.47. The summed E-state index contributed by atoms with van der Waals surface area (Å²) in [7, 11) is 3.71. The molecule has 0 saturated heterocycles. The maximum atomic E-state index is 5.14. The number of methoxy groups -OCH3 is 1. The molecular formula is C14H17N5OS. The fourth-order valence-electron chi connectivity index (χ4n) is 2.28. The van der Waals surface area contributed by atoms with Gasteiger partial charge in [-0.15, -0.1) is 16.4 Å². The summed E-state index contributed by atoms with van der Waals surface area (Å²) >= 11 is 1.59. The van der Waals surface area contributed by atoms with Crippen molar-refractivity contribution in [2.75, 3.05) is 32.2 Å². The van der Waals surface area contributed by atoms with Crippen molar-refractivity contribution in [1.29, 1.82) is 0 Å². The SMILES string of the molecule is COCCN(C)c1ncnc2c1sc1nnc(C)c(C)c12. The molecule has 0 aliphatic carbocycles. The first-order valence-corrected chi connectivity index (χ1v) is 7.52. The number of fused-ring (bicyclic) bond motifs is 3. The zero-order valence-electron chi connectivity index (χ0n) is 12.5. The van der Waals surface area contributed by atoms with Gasteiger partial charge in [0.1, 0.15) is 17.0 Å². The molecule has 0 saturated carbocycles. The molecule has 3 rings (SSSR count). The van der Waals surface area contributed by atoms with Gasteiger partial charge in [0.2, 0.25) is 0 Å². The third kappa shape index (κ3) is 2.32. The average molecular weight is 303 g/mol. The maximum Gasteiger partial charge on any atom is 0.149 e. The van der Waals surface area contributed by atoms with Crippen LogP contribution in [0, 0.1) is 13.8 Å². The van der Waals surface area contributed by atoms with Crippen molar-refractivity contribution in [3.63, 3.8) is 0 Å². The van der Waals surface area contributed by atoms with Crippen molar-refractivity contribution in [1.82, 2.24) is 20.2 Å². The number of hydrogen-bond donors (Lipinski definition) is 0. The summed E-state index contributed by atoms with van der Waals surface area (Å²) < 4.78 is 6.19. The van der Waals surface area contributed by atoms with E-state index in [1.165, 1.54) is 0 Å². The molecule has 0 amide bonds. The van der Waals surface area contributed by atoms with Crippen LogP contribution in [-0.2, 0) is 4.74 Å². The molecule has 0 aliphatic rings. The van der Waals surface area contributed by atoms with Crippen LogP contribution >= 0.6 is 11.3 Å². The second-order valence-corrected chi connectivity index (χ2v) is 5.98. The van der Waals surface area contributed by atoms with Crippen LogP contribution in [0.15, 0.2) is 6.33 Å². The Hall–Kier alpha value is -1.86. The summed E-state index contributed by atoms with van der Waals surface area (Å²) in [5.74, 6) is 0.914. The molecule has 7 heteroatoms. The Morgan fingerprint density at radius 2 is 2.05 bits per heavy atom. The molecule has 0 N–H and O–H groups in total. The first kappa shape index (κ1) is 14.1. The minimum atomic E-state index is 0.658. The number of aromatic nitrogens is 4. The molecule has 0 fully saturated rings. The largest absolute Gasteiger partial charge is 0.383 e. The van der Waals surface area contributed by atoms with Crippen molar-refractivity contribution in [3.8, 4) is 0 Å². The standard InChI is InChI=1S/C14H17N5OS/c1-8-9(2)17-18-14-10(8)11-12(21-14)13(16-7-15-11)19(3)5-6-20-4/h7H,5-6H2,1-4H3. The van der Waals surface area contributed by atoms with Crippen molar-refractivity contribution < 1.29 is 4.74 Å². The molecule has 3 aromatic rings. The number of aryl methyl sites for hydroxylation is 2. The van der Waals surface area contributed by atoms with E-state index in [4.69, 9.17) is 4.74 Å². The molecule has 110 valence electrons. The molecule has 0 aromatic carbocycles. The van der Waals surface area contributed by atoms with Crippen molar-refractivity contribution in [2.45, 2.75) is 13.8 Å². The van der Waals surface area contributed by atoms with Crippen molar-refractivity contribution in [3.05, 3.63) is 17.6 Å². The maximum absolute atomic E-state index is 5.14. The summed E-state index contributed by atoms with van der Waals surface area (Å²) in [5, 5.41) is 9.59. The molecule has 3 heterocycles. The third-order valence-corrected chi connectivity index (χ3v) is 4.69. The Balaban J connectivity index is 2.22. The molecule has 0 unspecified atom stereocenters. The highest BCUT2D eigenvalue weighted by Gasteiger charge is 2.17. The number of hydrogen-bond acceptors (Lipinski definition) is 7. The fraction of sp³-hybridized carbons (Fsp3) is 0.429. The molecule has 0 radical (unpaired) electrons. The Morgan fingerprint density at radius 1 is 1.24 bits per heavy atom. The van der Waals surface area contributed by atoms with E-state index >= 15 is 0 Å². The Morgan fingerprint density at radius 3 is 2.81 bits per heavy atom. The van der Waals surface area contributed by atoms with Crippen LogP contribution < -0.4 is 4.90 Å². The van der Waals surface area contributed by atoms with E-state index in [1.807, 2.05) is 14.0 Å². The average Bonchev–Trinajstić information content (AvgIpc) is 2.87. The van der Waals surface area contributed by atoms with Crippen LogP contribution in [0.1, 0.15) is 11.3 Å². The van der Waals surface area contributed by atoms with Crippen LogP contribution in [0.4, 0.5) is 5.82 Å².